The van der Waals surface area contributed by atoms with Gasteiger partial charge in [-0.05, 0) is 18.4 Å². The zero-order chi connectivity index (χ0) is 16.4. The molecule has 0 spiro atoms. The predicted molar refractivity (Wildman–Crippen MR) is 76.2 cm³/mol. The number of benzene rings is 1. The third-order valence-electron chi connectivity index (χ3n) is 2.83. The molecule has 0 fully saturated rings. The topological polar surface area (TPSA) is 63.6 Å². The largest absolute Gasteiger partial charge is 0.481 e. The van der Waals surface area contributed by atoms with E-state index >= 15 is 0 Å². The number of carboxylic acid groups (broad SMARTS) is 1. The van der Waals surface area contributed by atoms with Gasteiger partial charge >= 0.3 is 11.9 Å². The number of esters is 1. The molecular weight excluding hydrogens is 256 g/mol. The average molecular weight is 280 g/mol. The second-order valence-electron chi connectivity index (χ2n) is 4.54. The molecule has 0 saturated heterocycles. The van der Waals surface area contributed by atoms with Crippen LogP contribution in [0.4, 0.5) is 0 Å². The van der Waals surface area contributed by atoms with Crippen molar-refractivity contribution in [3.8, 4) is 0 Å². The Bertz CT molecular complexity index is 474. The standard InChI is InChI=1S/C16H22O4/c17-15(18)11-7-2-1-3-8-12-16(19)20-13-14-9-5-4-6-10-14/h4-6,9-10H,1-3,7-8,11-13H2,(H,17,18)/i11D2. The fraction of sp³-hybridized carbons (Fsp3) is 0.500. The first-order valence-electron chi connectivity index (χ1n) is 7.85. The lowest BCUT2D eigenvalue weighted by Crippen LogP contribution is -2.04. The summed E-state index contributed by atoms with van der Waals surface area (Å²) in [6.45, 7) is 0.276. The van der Waals surface area contributed by atoms with E-state index in [1.807, 2.05) is 30.3 Å². The number of carbonyl (C=O) groups excluding carboxylic acids is 1. The van der Waals surface area contributed by atoms with Crippen molar-refractivity contribution in [2.24, 2.45) is 0 Å². The summed E-state index contributed by atoms with van der Waals surface area (Å²) < 4.78 is 19.7. The van der Waals surface area contributed by atoms with Crippen molar-refractivity contribution in [2.75, 3.05) is 0 Å². The summed E-state index contributed by atoms with van der Waals surface area (Å²) in [5, 5.41) is 8.63. The normalized spacial score (nSPS) is 12.4. The number of ether oxygens (including phenoxy) is 1. The Morgan fingerprint density at radius 3 is 2.40 bits per heavy atom. The van der Waals surface area contributed by atoms with Crippen LogP contribution in [0.25, 0.3) is 0 Å². The smallest absolute Gasteiger partial charge is 0.306 e. The zero-order valence-electron chi connectivity index (χ0n) is 13.5. The van der Waals surface area contributed by atoms with E-state index in [4.69, 9.17) is 12.6 Å². The molecule has 1 N–H and O–H groups in total. The quantitative estimate of drug-likeness (QED) is 0.526. The lowest BCUT2D eigenvalue weighted by molar-refractivity contribution is -0.145. The molecule has 0 saturated carbocycles. The first-order valence-corrected chi connectivity index (χ1v) is 6.85. The van der Waals surface area contributed by atoms with Crippen molar-refractivity contribution in [1.29, 1.82) is 0 Å². The third kappa shape index (κ3) is 8.29. The molecule has 0 aliphatic carbocycles. The summed E-state index contributed by atoms with van der Waals surface area (Å²) in [7, 11) is 0. The Labute approximate surface area is 122 Å². The highest BCUT2D eigenvalue weighted by molar-refractivity contribution is 5.69. The highest BCUT2D eigenvalue weighted by Crippen LogP contribution is 2.08. The summed E-state index contributed by atoms with van der Waals surface area (Å²) in [6, 6.07) is 9.46. The van der Waals surface area contributed by atoms with Crippen molar-refractivity contribution in [2.45, 2.75) is 51.5 Å². The monoisotopic (exact) mass is 280 g/mol. The van der Waals surface area contributed by atoms with Crippen LogP contribution < -0.4 is 0 Å². The second kappa shape index (κ2) is 10.0. The number of carbonyl (C=O) groups is 2. The van der Waals surface area contributed by atoms with E-state index in [-0.39, 0.29) is 19.0 Å². The highest BCUT2D eigenvalue weighted by Gasteiger charge is 2.03. The van der Waals surface area contributed by atoms with Gasteiger partial charge in [-0.3, -0.25) is 9.59 Å². The van der Waals surface area contributed by atoms with E-state index in [2.05, 4.69) is 0 Å². The van der Waals surface area contributed by atoms with Gasteiger partial charge < -0.3 is 9.84 Å². The van der Waals surface area contributed by atoms with Crippen LogP contribution in [0.1, 0.15) is 53.2 Å². The Hall–Kier alpha value is -1.84. The predicted octanol–water partition coefficient (Wildman–Crippen LogP) is 3.55. The summed E-state index contributed by atoms with van der Waals surface area (Å²) in [6.07, 6.45) is 0.811. The fourth-order valence-electron chi connectivity index (χ4n) is 1.75. The van der Waals surface area contributed by atoms with E-state index in [0.717, 1.165) is 12.0 Å². The number of unbranched alkanes of at least 4 members (excludes halogenated alkanes) is 3. The summed E-state index contributed by atoms with van der Waals surface area (Å²) in [5.41, 5.74) is 0.951. The molecule has 0 aliphatic rings. The first-order chi connectivity index (χ1) is 10.4. The van der Waals surface area contributed by atoms with Crippen LogP contribution in [-0.2, 0) is 20.9 Å². The Balaban J connectivity index is 2.05. The SMILES string of the molecule is [2H]C([2H])(CCCCCCC(=O)OCc1ccccc1)C(=O)O. The molecule has 4 nitrogen and oxygen atoms in total. The molecular formula is C16H22O4. The van der Waals surface area contributed by atoms with Crippen molar-refractivity contribution in [1.82, 2.24) is 0 Å². The van der Waals surface area contributed by atoms with Gasteiger partial charge in [0.05, 0.1) is 0 Å². The van der Waals surface area contributed by atoms with Crippen molar-refractivity contribution >= 4 is 11.9 Å². The lowest BCUT2D eigenvalue weighted by atomic mass is 10.1. The van der Waals surface area contributed by atoms with Gasteiger partial charge in [0.2, 0.25) is 0 Å². The number of aliphatic carboxylic acids is 1. The summed E-state index contributed by atoms with van der Waals surface area (Å²) in [5.74, 6) is -1.67. The number of carboxylic acids is 1. The van der Waals surface area contributed by atoms with Crippen LogP contribution in [-0.4, -0.2) is 17.0 Å². The molecule has 0 radical (unpaired) electrons. The van der Waals surface area contributed by atoms with Gasteiger partial charge in [-0.2, -0.15) is 0 Å². The van der Waals surface area contributed by atoms with Crippen molar-refractivity contribution in [3.63, 3.8) is 0 Å². The molecule has 0 heterocycles. The van der Waals surface area contributed by atoms with Crippen LogP contribution in [0.15, 0.2) is 30.3 Å². The minimum atomic E-state index is -2.16. The molecule has 0 atom stereocenters. The molecule has 110 valence electrons. The van der Waals surface area contributed by atoms with Crippen LogP contribution in [0.5, 0.6) is 0 Å². The molecule has 0 amide bonds. The summed E-state index contributed by atoms with van der Waals surface area (Å²) >= 11 is 0. The second-order valence-corrected chi connectivity index (χ2v) is 4.54. The van der Waals surface area contributed by atoms with Crippen LogP contribution in [0.3, 0.4) is 0 Å². The maximum Gasteiger partial charge on any atom is 0.306 e. The number of hydrogen-bond donors (Lipinski definition) is 1. The van der Waals surface area contributed by atoms with E-state index < -0.39 is 12.3 Å². The Kier molecular flexibility index (Phi) is 6.58. The van der Waals surface area contributed by atoms with E-state index in [1.165, 1.54) is 0 Å². The van der Waals surface area contributed by atoms with Gasteiger partial charge in [0, 0.05) is 15.5 Å². The molecule has 0 aliphatic heterocycles. The minimum Gasteiger partial charge on any atom is -0.481 e. The minimum absolute atomic E-state index is 0.000781. The van der Waals surface area contributed by atoms with Gasteiger partial charge in [-0.25, -0.2) is 0 Å². The van der Waals surface area contributed by atoms with E-state index in [1.54, 1.807) is 0 Å². The molecule has 4 heteroatoms. The molecule has 20 heavy (non-hydrogen) atoms. The van der Waals surface area contributed by atoms with E-state index in [0.29, 0.717) is 25.7 Å². The van der Waals surface area contributed by atoms with Gasteiger partial charge in [-0.1, -0.05) is 49.6 Å². The molecule has 1 aromatic carbocycles. The lowest BCUT2D eigenvalue weighted by Gasteiger charge is -2.04. The van der Waals surface area contributed by atoms with E-state index in [9.17, 15) is 9.59 Å². The van der Waals surface area contributed by atoms with Crippen LogP contribution in [0.2, 0.25) is 0 Å². The van der Waals surface area contributed by atoms with Crippen LogP contribution in [0, 0.1) is 0 Å². The number of hydrogen-bond acceptors (Lipinski definition) is 3. The van der Waals surface area contributed by atoms with Crippen molar-refractivity contribution < 1.29 is 22.2 Å². The zero-order valence-corrected chi connectivity index (χ0v) is 11.5. The number of rotatable bonds is 10. The van der Waals surface area contributed by atoms with Gasteiger partial charge in [0.1, 0.15) is 6.61 Å². The maximum atomic E-state index is 11.5. The Morgan fingerprint density at radius 2 is 1.70 bits per heavy atom. The first kappa shape index (κ1) is 13.2. The maximum absolute atomic E-state index is 11.5. The fourth-order valence-corrected chi connectivity index (χ4v) is 1.75. The Morgan fingerprint density at radius 1 is 1.05 bits per heavy atom. The summed E-state index contributed by atoms with van der Waals surface area (Å²) in [4.78, 5) is 22.1. The molecule has 0 aromatic heterocycles. The molecule has 0 unspecified atom stereocenters. The van der Waals surface area contributed by atoms with Gasteiger partial charge in [0.25, 0.3) is 0 Å². The highest BCUT2D eigenvalue weighted by atomic mass is 16.5. The third-order valence-corrected chi connectivity index (χ3v) is 2.83. The molecule has 1 aromatic rings. The van der Waals surface area contributed by atoms with Crippen molar-refractivity contribution in [3.05, 3.63) is 35.9 Å². The molecule has 0 bridgehead atoms. The van der Waals surface area contributed by atoms with Crippen LogP contribution >= 0.6 is 0 Å². The van der Waals surface area contributed by atoms with Gasteiger partial charge in [0.15, 0.2) is 0 Å². The van der Waals surface area contributed by atoms with Gasteiger partial charge in [-0.15, -0.1) is 0 Å². The molecule has 1 rings (SSSR count). The average Bonchev–Trinajstić information content (AvgIpc) is 2.49.